The van der Waals surface area contributed by atoms with Crippen LogP contribution >= 0.6 is 0 Å². The molecule has 4 aliphatic heterocycles. The molecule has 8 nitrogen and oxygen atoms in total. The minimum Gasteiger partial charge on any atom is -0.508 e. The molecule has 1 unspecified atom stereocenters. The summed E-state index contributed by atoms with van der Waals surface area (Å²) in [6.07, 6.45) is 14.2. The van der Waals surface area contributed by atoms with Gasteiger partial charge < -0.3 is 30.7 Å². The van der Waals surface area contributed by atoms with Gasteiger partial charge >= 0.3 is 0 Å². The van der Waals surface area contributed by atoms with Gasteiger partial charge in [0.15, 0.2) is 0 Å². The van der Waals surface area contributed by atoms with Crippen molar-refractivity contribution in [2.75, 3.05) is 0 Å². The lowest BCUT2D eigenvalue weighted by Crippen LogP contribution is -2.51. The molecule has 4 aromatic carbocycles. The molecule has 0 spiro atoms. The molecule has 0 fully saturated rings. The van der Waals surface area contributed by atoms with Crippen molar-refractivity contribution in [2.24, 2.45) is 9.98 Å². The Balaban J connectivity index is 1.37. The highest BCUT2D eigenvalue weighted by Crippen LogP contribution is 2.45. The summed E-state index contributed by atoms with van der Waals surface area (Å²) in [5.41, 5.74) is 9.74. The number of aromatic nitrogens is 1. The van der Waals surface area contributed by atoms with Gasteiger partial charge in [-0.15, -0.1) is 0 Å². The molecule has 0 radical (unpaired) electrons. The second-order valence-electron chi connectivity index (χ2n) is 13.1. The number of aromatic amines is 1. The number of nitrogens with one attached hydrogen (secondary N) is 2. The molecule has 52 heavy (non-hydrogen) atoms. The van der Waals surface area contributed by atoms with Gasteiger partial charge in [-0.3, -0.25) is 4.99 Å². The van der Waals surface area contributed by atoms with E-state index < -0.39 is 11.5 Å². The van der Waals surface area contributed by atoms with Crippen LogP contribution in [0.3, 0.4) is 0 Å². The van der Waals surface area contributed by atoms with Gasteiger partial charge in [0.1, 0.15) is 23.0 Å². The van der Waals surface area contributed by atoms with E-state index in [9.17, 15) is 20.4 Å². The number of phenolic OH excluding ortho intramolecular Hbond substituents is 4. The Morgan fingerprint density at radius 2 is 1.12 bits per heavy atom. The highest BCUT2D eigenvalue weighted by molar-refractivity contribution is 6.32. The molecule has 5 aromatic rings. The molecule has 8 bridgehead atoms. The van der Waals surface area contributed by atoms with Gasteiger partial charge in [0.2, 0.25) is 0 Å². The van der Waals surface area contributed by atoms with Crippen LogP contribution < -0.4 is 5.32 Å². The molecule has 0 aliphatic carbocycles. The number of rotatable bonds is 4. The molecule has 1 aromatic heterocycles. The summed E-state index contributed by atoms with van der Waals surface area (Å²) in [4.78, 5) is 14.1. The number of aromatic hydroxyl groups is 4. The topological polar surface area (TPSA) is 133 Å². The van der Waals surface area contributed by atoms with E-state index in [0.29, 0.717) is 0 Å². The summed E-state index contributed by atoms with van der Waals surface area (Å²) >= 11 is 0. The smallest absolute Gasteiger partial charge is 0.115 e. The minimum atomic E-state index is -0.978. The Morgan fingerprint density at radius 1 is 0.538 bits per heavy atom. The highest BCUT2D eigenvalue weighted by atomic mass is 16.3. The fraction of sp³-hybridized carbons (Fsp3) is 0.0455. The molecule has 4 aliphatic rings. The number of fused-ring (bicyclic) bond motifs is 6. The van der Waals surface area contributed by atoms with Crippen LogP contribution in [0.15, 0.2) is 173 Å². The quantitative estimate of drug-likeness (QED) is 0.115. The van der Waals surface area contributed by atoms with E-state index >= 15 is 0 Å². The van der Waals surface area contributed by atoms with Crippen molar-refractivity contribution < 1.29 is 20.4 Å². The lowest BCUT2D eigenvalue weighted by molar-refractivity contribution is 0.472. The lowest BCUT2D eigenvalue weighted by atomic mass is 9.66. The number of phenols is 4. The Hall–Kier alpha value is -7.06. The maximum Gasteiger partial charge on any atom is 0.115 e. The van der Waals surface area contributed by atoms with Gasteiger partial charge in [0.05, 0.1) is 34.3 Å². The summed E-state index contributed by atoms with van der Waals surface area (Å²) in [5, 5.41) is 45.1. The van der Waals surface area contributed by atoms with Crippen molar-refractivity contribution in [2.45, 2.75) is 11.5 Å². The Labute approximate surface area is 299 Å². The van der Waals surface area contributed by atoms with Crippen LogP contribution in [0.1, 0.15) is 33.6 Å². The van der Waals surface area contributed by atoms with Crippen LogP contribution in [0.4, 0.5) is 0 Å². The van der Waals surface area contributed by atoms with Crippen molar-refractivity contribution in [3.63, 3.8) is 0 Å². The second-order valence-corrected chi connectivity index (χ2v) is 13.1. The van der Waals surface area contributed by atoms with Crippen LogP contribution in [0.25, 0.3) is 17.2 Å². The summed E-state index contributed by atoms with van der Waals surface area (Å²) < 4.78 is 0. The fourth-order valence-electron chi connectivity index (χ4n) is 7.55. The fourth-order valence-corrected chi connectivity index (χ4v) is 7.55. The van der Waals surface area contributed by atoms with E-state index in [1.807, 2.05) is 91.0 Å². The summed E-state index contributed by atoms with van der Waals surface area (Å²) in [6, 6.07) is 32.2. The standard InChI is InChI=1S/C44H32N4O4/c49-32-11-1-26(2-12-32)42-36-19-9-30(45-36)25-31-10-20-37(46-31)43(27-3-13-33(50)14-4-27)39-22-24-41(48-39)44(40-23-21-38(42)47-40,28-5-15-34(51)16-6-28)29-7-17-35(52)18-8-29/h1-25,40,46-47,49-52H. The summed E-state index contributed by atoms with van der Waals surface area (Å²) in [5.74, 6) is 0.613. The average Bonchev–Trinajstić information content (AvgIpc) is 3.99. The largest absolute Gasteiger partial charge is 0.508 e. The van der Waals surface area contributed by atoms with Gasteiger partial charge in [-0.05, 0) is 119 Å². The predicted molar refractivity (Wildman–Crippen MR) is 204 cm³/mol. The van der Waals surface area contributed by atoms with Gasteiger partial charge in [-0.2, -0.15) is 0 Å². The number of benzene rings is 4. The van der Waals surface area contributed by atoms with Gasteiger partial charge in [-0.1, -0.05) is 54.6 Å². The molecule has 1 atom stereocenters. The second kappa shape index (κ2) is 12.1. The maximum atomic E-state index is 10.4. The molecule has 0 saturated heterocycles. The van der Waals surface area contributed by atoms with E-state index in [1.165, 1.54) is 0 Å². The van der Waals surface area contributed by atoms with E-state index in [2.05, 4.69) is 22.5 Å². The monoisotopic (exact) mass is 680 g/mol. The number of allylic oxidation sites excluding steroid dienone is 6. The van der Waals surface area contributed by atoms with Crippen molar-refractivity contribution in [1.29, 1.82) is 0 Å². The maximum absolute atomic E-state index is 10.4. The first-order valence-corrected chi connectivity index (χ1v) is 16.9. The molecule has 9 rings (SSSR count). The van der Waals surface area contributed by atoms with E-state index in [1.54, 1.807) is 48.5 Å². The SMILES string of the molecule is Oc1ccc(C2=C3C=CC(N3)C(c3ccc(O)cc3)(c3ccc(O)cc3)C3=NC(=C(c4ccc(O)cc4)c4ccc([nH]4)C=C4C=CC2=N4)C=C3)cc1. The Bertz CT molecular complexity index is 2440. The minimum absolute atomic E-state index is 0.138. The van der Waals surface area contributed by atoms with Gasteiger partial charge in [0.25, 0.3) is 0 Å². The zero-order valence-corrected chi connectivity index (χ0v) is 27.7. The lowest BCUT2D eigenvalue weighted by Gasteiger charge is -2.40. The van der Waals surface area contributed by atoms with E-state index in [4.69, 9.17) is 9.98 Å². The van der Waals surface area contributed by atoms with Crippen molar-refractivity contribution >= 4 is 28.6 Å². The van der Waals surface area contributed by atoms with Gasteiger partial charge in [-0.25, -0.2) is 4.99 Å². The number of hydrogen-bond donors (Lipinski definition) is 6. The summed E-state index contributed by atoms with van der Waals surface area (Å²) in [6.45, 7) is 0. The molecular weight excluding hydrogens is 649 g/mol. The van der Waals surface area contributed by atoms with Crippen LogP contribution in [0.5, 0.6) is 23.0 Å². The third kappa shape index (κ3) is 5.16. The Morgan fingerprint density at radius 3 is 1.73 bits per heavy atom. The van der Waals surface area contributed by atoms with E-state index in [0.717, 1.165) is 73.3 Å². The molecular formula is C44H32N4O4. The number of H-pyrrole nitrogens is 1. The van der Waals surface area contributed by atoms with Crippen LogP contribution in [-0.2, 0) is 5.41 Å². The average molecular weight is 681 g/mol. The first-order valence-electron chi connectivity index (χ1n) is 16.9. The molecule has 8 heteroatoms. The van der Waals surface area contributed by atoms with Crippen LogP contribution in [-0.4, -0.2) is 42.9 Å². The van der Waals surface area contributed by atoms with Crippen molar-refractivity contribution in [1.82, 2.24) is 10.3 Å². The highest BCUT2D eigenvalue weighted by Gasteiger charge is 2.48. The normalized spacial score (nSPS) is 18.4. The number of aliphatic imine (C=N–C) groups is 2. The zero-order chi connectivity index (χ0) is 35.4. The molecule has 0 saturated carbocycles. The third-order valence-corrected chi connectivity index (χ3v) is 9.96. The number of hydrogen-bond acceptors (Lipinski definition) is 7. The summed E-state index contributed by atoms with van der Waals surface area (Å²) in [7, 11) is 0. The predicted octanol–water partition coefficient (Wildman–Crippen LogP) is 7.90. The van der Waals surface area contributed by atoms with Gasteiger partial charge in [0, 0.05) is 28.2 Å². The van der Waals surface area contributed by atoms with Crippen LogP contribution in [0.2, 0.25) is 0 Å². The molecule has 252 valence electrons. The molecule has 5 heterocycles. The first kappa shape index (κ1) is 31.0. The molecule has 6 N–H and O–H groups in total. The third-order valence-electron chi connectivity index (χ3n) is 9.96. The molecule has 0 amide bonds. The first-order chi connectivity index (χ1) is 25.3. The van der Waals surface area contributed by atoms with E-state index in [-0.39, 0.29) is 23.0 Å². The Kier molecular flexibility index (Phi) is 7.18. The van der Waals surface area contributed by atoms with Crippen molar-refractivity contribution in [3.8, 4) is 23.0 Å². The van der Waals surface area contributed by atoms with Crippen LogP contribution in [0, 0.1) is 0 Å². The zero-order valence-electron chi connectivity index (χ0n) is 27.7. The number of nitrogens with zero attached hydrogens (tertiary/aromatic N) is 2. The van der Waals surface area contributed by atoms with Crippen molar-refractivity contribution in [3.05, 3.63) is 196 Å².